The van der Waals surface area contributed by atoms with Gasteiger partial charge in [-0.1, -0.05) is 26.8 Å². The van der Waals surface area contributed by atoms with E-state index in [9.17, 15) is 4.79 Å². The van der Waals surface area contributed by atoms with Crippen molar-refractivity contribution in [3.05, 3.63) is 30.1 Å². The Morgan fingerprint density at radius 3 is 2.13 bits per heavy atom. The van der Waals surface area contributed by atoms with Crippen LogP contribution in [0.3, 0.4) is 0 Å². The number of hydrogen-bond donors (Lipinski definition) is 0. The molecule has 0 fully saturated rings. The van der Waals surface area contributed by atoms with Crippen LogP contribution in [0.15, 0.2) is 24.4 Å². The van der Waals surface area contributed by atoms with Crippen LogP contribution in [0.2, 0.25) is 0 Å². The van der Waals surface area contributed by atoms with Crippen molar-refractivity contribution in [2.24, 2.45) is 5.41 Å². The van der Waals surface area contributed by atoms with E-state index in [1.54, 1.807) is 6.20 Å². The fraction of sp³-hybridized carbons (Fsp3) is 0.538. The number of carbonyl (C=O) groups excluding carboxylic acids is 1. The van der Waals surface area contributed by atoms with E-state index in [-0.39, 0.29) is 11.2 Å². The van der Waals surface area contributed by atoms with Crippen molar-refractivity contribution in [3.63, 3.8) is 0 Å². The van der Waals surface area contributed by atoms with Gasteiger partial charge in [0, 0.05) is 11.6 Å². The molecule has 1 heterocycles. The summed E-state index contributed by atoms with van der Waals surface area (Å²) < 4.78 is 0. The van der Waals surface area contributed by atoms with Crippen molar-refractivity contribution in [2.75, 3.05) is 0 Å². The molecule has 2 heteroatoms. The first-order valence-electron chi connectivity index (χ1n) is 5.22. The summed E-state index contributed by atoms with van der Waals surface area (Å²) >= 11 is 0. The molecular formula is C13H19NO. The number of ketones is 1. The maximum absolute atomic E-state index is 12.2. The van der Waals surface area contributed by atoms with Crippen molar-refractivity contribution in [2.45, 2.75) is 40.0 Å². The fourth-order valence-corrected chi connectivity index (χ4v) is 1.79. The number of carbonyl (C=O) groups is 1. The molecule has 1 aromatic rings. The summed E-state index contributed by atoms with van der Waals surface area (Å²) in [7, 11) is 0. The normalized spacial score (nSPS) is 12.6. The van der Waals surface area contributed by atoms with E-state index in [4.69, 9.17) is 0 Å². The molecule has 0 saturated heterocycles. The molecule has 0 N–H and O–H groups in total. The van der Waals surface area contributed by atoms with E-state index in [0.717, 1.165) is 5.69 Å². The number of Topliss-reactive ketones (excluding diaryl/α,β-unsaturated/α-hetero) is 1. The van der Waals surface area contributed by atoms with Gasteiger partial charge in [-0.25, -0.2) is 0 Å². The van der Waals surface area contributed by atoms with E-state index >= 15 is 0 Å². The molecule has 0 aromatic carbocycles. The van der Waals surface area contributed by atoms with Crippen LogP contribution in [0.4, 0.5) is 0 Å². The van der Waals surface area contributed by atoms with Crippen molar-refractivity contribution in [3.8, 4) is 0 Å². The molecule has 0 radical (unpaired) electrons. The predicted molar refractivity (Wildman–Crippen MR) is 61.7 cm³/mol. The Morgan fingerprint density at radius 2 is 1.73 bits per heavy atom. The van der Waals surface area contributed by atoms with Gasteiger partial charge in [-0.3, -0.25) is 9.78 Å². The summed E-state index contributed by atoms with van der Waals surface area (Å²) in [6, 6.07) is 5.69. The molecule has 1 rings (SSSR count). The molecule has 0 aliphatic carbocycles. The minimum absolute atomic E-state index is 0.216. The Labute approximate surface area is 91.7 Å². The van der Waals surface area contributed by atoms with Crippen molar-refractivity contribution >= 4 is 5.78 Å². The maximum Gasteiger partial charge on any atom is 0.149 e. The molecule has 2 nitrogen and oxygen atoms in total. The van der Waals surface area contributed by atoms with Crippen LogP contribution in [0.5, 0.6) is 0 Å². The lowest BCUT2D eigenvalue weighted by Crippen LogP contribution is -2.38. The van der Waals surface area contributed by atoms with Gasteiger partial charge in [0.2, 0.25) is 0 Å². The van der Waals surface area contributed by atoms with Crippen molar-refractivity contribution in [1.29, 1.82) is 0 Å². The molecule has 1 aromatic heterocycles. The van der Waals surface area contributed by atoms with E-state index in [1.807, 2.05) is 52.8 Å². The summed E-state index contributed by atoms with van der Waals surface area (Å²) in [6.07, 6.45) is 1.73. The average molecular weight is 205 g/mol. The van der Waals surface area contributed by atoms with E-state index in [0.29, 0.717) is 0 Å². The van der Waals surface area contributed by atoms with Gasteiger partial charge in [0.15, 0.2) is 0 Å². The second-order valence-electron chi connectivity index (χ2n) is 5.42. The van der Waals surface area contributed by atoms with Crippen LogP contribution < -0.4 is 0 Å². The summed E-state index contributed by atoms with van der Waals surface area (Å²) in [4.78, 5) is 16.5. The molecule has 0 atom stereocenters. The van der Waals surface area contributed by atoms with Gasteiger partial charge in [0.25, 0.3) is 0 Å². The Morgan fingerprint density at radius 1 is 1.13 bits per heavy atom. The highest BCUT2D eigenvalue weighted by Gasteiger charge is 2.38. The van der Waals surface area contributed by atoms with Crippen molar-refractivity contribution in [1.82, 2.24) is 4.98 Å². The fourth-order valence-electron chi connectivity index (χ4n) is 1.79. The molecule has 0 bridgehead atoms. The van der Waals surface area contributed by atoms with Gasteiger partial charge >= 0.3 is 0 Å². The second kappa shape index (κ2) is 3.76. The molecule has 0 aliphatic heterocycles. The molecular weight excluding hydrogens is 186 g/mol. The molecule has 0 amide bonds. The van der Waals surface area contributed by atoms with E-state index in [2.05, 4.69) is 4.98 Å². The van der Waals surface area contributed by atoms with Gasteiger partial charge in [-0.2, -0.15) is 0 Å². The van der Waals surface area contributed by atoms with Crippen LogP contribution >= 0.6 is 0 Å². The number of hydrogen-bond acceptors (Lipinski definition) is 2. The zero-order chi connectivity index (χ0) is 11.7. The average Bonchev–Trinajstić information content (AvgIpc) is 2.16. The molecule has 0 unspecified atom stereocenters. The minimum Gasteiger partial charge on any atom is -0.298 e. The van der Waals surface area contributed by atoms with Gasteiger partial charge < -0.3 is 0 Å². The summed E-state index contributed by atoms with van der Waals surface area (Å²) in [5, 5.41) is 0. The van der Waals surface area contributed by atoms with Crippen LogP contribution in [-0.4, -0.2) is 10.8 Å². The highest BCUT2D eigenvalue weighted by molar-refractivity contribution is 5.92. The second-order valence-corrected chi connectivity index (χ2v) is 5.42. The molecule has 0 aliphatic rings. The van der Waals surface area contributed by atoms with E-state index < -0.39 is 5.41 Å². The third-order valence-electron chi connectivity index (χ3n) is 2.55. The highest BCUT2D eigenvalue weighted by atomic mass is 16.1. The number of nitrogens with zero attached hydrogens (tertiary/aromatic N) is 1. The number of pyridine rings is 1. The largest absolute Gasteiger partial charge is 0.298 e. The third-order valence-corrected chi connectivity index (χ3v) is 2.55. The SMILES string of the molecule is CC(C)(C)C(=O)C(C)(C)c1ccccn1. The Bertz CT molecular complexity index is 347. The molecule has 15 heavy (non-hydrogen) atoms. The zero-order valence-corrected chi connectivity index (χ0v) is 10.2. The van der Waals surface area contributed by atoms with Crippen LogP contribution in [0.1, 0.15) is 40.3 Å². The maximum atomic E-state index is 12.2. The predicted octanol–water partition coefficient (Wildman–Crippen LogP) is 2.97. The number of aromatic nitrogens is 1. The summed E-state index contributed by atoms with van der Waals surface area (Å²) in [5.41, 5.74) is -0.00880. The topological polar surface area (TPSA) is 30.0 Å². The first kappa shape index (κ1) is 11.9. The first-order chi connectivity index (χ1) is 6.76. The summed E-state index contributed by atoms with van der Waals surface area (Å²) in [6.45, 7) is 9.70. The van der Waals surface area contributed by atoms with E-state index in [1.165, 1.54) is 0 Å². The quantitative estimate of drug-likeness (QED) is 0.743. The van der Waals surface area contributed by atoms with Gasteiger partial charge in [-0.15, -0.1) is 0 Å². The lowest BCUT2D eigenvalue weighted by atomic mass is 9.73. The molecule has 0 spiro atoms. The minimum atomic E-state index is -0.514. The Hall–Kier alpha value is -1.18. The first-order valence-corrected chi connectivity index (χ1v) is 5.22. The monoisotopic (exact) mass is 205 g/mol. The van der Waals surface area contributed by atoms with Crippen molar-refractivity contribution < 1.29 is 4.79 Å². The lowest BCUT2D eigenvalue weighted by molar-refractivity contribution is -0.131. The molecule has 0 saturated carbocycles. The summed E-state index contributed by atoms with van der Waals surface area (Å²) in [5.74, 6) is 0.216. The molecule has 82 valence electrons. The Balaban J connectivity index is 3.09. The van der Waals surface area contributed by atoms with Gasteiger partial charge in [-0.05, 0) is 26.0 Å². The van der Waals surface area contributed by atoms with Crippen LogP contribution in [0, 0.1) is 5.41 Å². The standard InChI is InChI=1S/C13H19NO/c1-12(2,3)11(15)13(4,5)10-8-6-7-9-14-10/h6-9H,1-5H3. The third kappa shape index (κ3) is 2.44. The van der Waals surface area contributed by atoms with Gasteiger partial charge in [0.05, 0.1) is 11.1 Å². The smallest absolute Gasteiger partial charge is 0.149 e. The zero-order valence-electron chi connectivity index (χ0n) is 10.2. The van der Waals surface area contributed by atoms with Gasteiger partial charge in [0.1, 0.15) is 5.78 Å². The Kier molecular flexibility index (Phi) is 2.98. The number of rotatable bonds is 2. The highest BCUT2D eigenvalue weighted by Crippen LogP contribution is 2.31. The van der Waals surface area contributed by atoms with Crippen LogP contribution in [-0.2, 0) is 10.2 Å². The van der Waals surface area contributed by atoms with Crippen LogP contribution in [0.25, 0.3) is 0 Å². The lowest BCUT2D eigenvalue weighted by Gasteiger charge is -2.30.